The van der Waals surface area contributed by atoms with Crippen molar-refractivity contribution in [1.82, 2.24) is 15.5 Å². The molecule has 2 N–H and O–H groups in total. The molecule has 1 aromatic rings. The van der Waals surface area contributed by atoms with Gasteiger partial charge in [0.25, 0.3) is 0 Å². The fourth-order valence-electron chi connectivity index (χ4n) is 3.05. The standard InChI is InChI=1S/C18H27N3O/c1-14-6-8-21(9-7-14)13-16-4-2-15(3-5-16)10-20-18(22)17-11-19-12-17/h2-5,14,17,19H,6-13H2,1H3,(H,20,22). The minimum atomic E-state index is 0.167. The second-order valence-electron chi connectivity index (χ2n) is 6.85. The molecule has 0 atom stereocenters. The molecule has 0 spiro atoms. The van der Waals surface area contributed by atoms with Crippen molar-refractivity contribution in [2.45, 2.75) is 32.9 Å². The van der Waals surface area contributed by atoms with E-state index in [2.05, 4.69) is 46.7 Å². The smallest absolute Gasteiger partial charge is 0.225 e. The zero-order chi connectivity index (χ0) is 15.4. The first-order valence-corrected chi connectivity index (χ1v) is 8.49. The molecule has 1 aromatic carbocycles. The number of likely N-dealkylation sites (tertiary alicyclic amines) is 1. The predicted molar refractivity (Wildman–Crippen MR) is 88.3 cm³/mol. The number of amides is 1. The van der Waals surface area contributed by atoms with Crippen LogP contribution in [0.2, 0.25) is 0 Å². The van der Waals surface area contributed by atoms with Gasteiger partial charge in [-0.25, -0.2) is 0 Å². The number of nitrogens with zero attached hydrogens (tertiary/aromatic N) is 1. The highest BCUT2D eigenvalue weighted by Gasteiger charge is 2.24. The molecule has 0 saturated carbocycles. The van der Waals surface area contributed by atoms with Crippen molar-refractivity contribution < 1.29 is 4.79 Å². The van der Waals surface area contributed by atoms with Crippen molar-refractivity contribution >= 4 is 5.91 Å². The first-order valence-electron chi connectivity index (χ1n) is 8.49. The summed E-state index contributed by atoms with van der Waals surface area (Å²) >= 11 is 0. The van der Waals surface area contributed by atoms with Gasteiger partial charge in [0.2, 0.25) is 5.91 Å². The SMILES string of the molecule is CC1CCN(Cc2ccc(CNC(=O)C3CNC3)cc2)CC1. The summed E-state index contributed by atoms with van der Waals surface area (Å²) in [5.74, 6) is 1.22. The molecule has 1 amide bonds. The van der Waals surface area contributed by atoms with Crippen LogP contribution in [0.1, 0.15) is 30.9 Å². The van der Waals surface area contributed by atoms with Crippen LogP contribution in [0.25, 0.3) is 0 Å². The topological polar surface area (TPSA) is 44.4 Å². The summed E-state index contributed by atoms with van der Waals surface area (Å²) in [5.41, 5.74) is 2.55. The normalized spacial score (nSPS) is 20.6. The van der Waals surface area contributed by atoms with E-state index in [1.807, 2.05) is 0 Å². The molecule has 2 aliphatic heterocycles. The van der Waals surface area contributed by atoms with E-state index >= 15 is 0 Å². The Kier molecular flexibility index (Phi) is 5.11. The first kappa shape index (κ1) is 15.5. The molecule has 3 rings (SSSR count). The van der Waals surface area contributed by atoms with E-state index in [9.17, 15) is 4.79 Å². The van der Waals surface area contributed by atoms with Gasteiger partial charge in [-0.3, -0.25) is 9.69 Å². The third kappa shape index (κ3) is 4.08. The molecule has 2 fully saturated rings. The van der Waals surface area contributed by atoms with Crippen molar-refractivity contribution in [3.05, 3.63) is 35.4 Å². The van der Waals surface area contributed by atoms with Gasteiger partial charge in [0, 0.05) is 26.2 Å². The van der Waals surface area contributed by atoms with Crippen LogP contribution < -0.4 is 10.6 Å². The van der Waals surface area contributed by atoms with Crippen LogP contribution >= 0.6 is 0 Å². The Morgan fingerprint density at radius 3 is 2.41 bits per heavy atom. The van der Waals surface area contributed by atoms with Crippen molar-refractivity contribution in [3.63, 3.8) is 0 Å². The summed E-state index contributed by atoms with van der Waals surface area (Å²) < 4.78 is 0. The molecule has 0 unspecified atom stereocenters. The molecule has 2 saturated heterocycles. The Morgan fingerprint density at radius 2 is 1.82 bits per heavy atom. The number of hydrogen-bond acceptors (Lipinski definition) is 3. The summed E-state index contributed by atoms with van der Waals surface area (Å²) in [7, 11) is 0. The molecule has 22 heavy (non-hydrogen) atoms. The Morgan fingerprint density at radius 1 is 1.18 bits per heavy atom. The lowest BCUT2D eigenvalue weighted by Gasteiger charge is -2.30. The van der Waals surface area contributed by atoms with Crippen LogP contribution in [-0.2, 0) is 17.9 Å². The minimum absolute atomic E-state index is 0.167. The molecule has 4 heteroatoms. The van der Waals surface area contributed by atoms with Crippen molar-refractivity contribution in [2.75, 3.05) is 26.2 Å². The van der Waals surface area contributed by atoms with Crippen LogP contribution in [0.4, 0.5) is 0 Å². The highest BCUT2D eigenvalue weighted by molar-refractivity contribution is 5.79. The summed E-state index contributed by atoms with van der Waals surface area (Å²) in [6, 6.07) is 8.68. The average molecular weight is 301 g/mol. The van der Waals surface area contributed by atoms with Gasteiger partial charge in [-0.05, 0) is 43.0 Å². The predicted octanol–water partition coefficient (Wildman–Crippen LogP) is 1.75. The van der Waals surface area contributed by atoms with Gasteiger partial charge in [-0.1, -0.05) is 31.2 Å². The molecule has 2 heterocycles. The molecule has 0 radical (unpaired) electrons. The molecule has 4 nitrogen and oxygen atoms in total. The maximum absolute atomic E-state index is 11.8. The summed E-state index contributed by atoms with van der Waals surface area (Å²) in [6.45, 7) is 8.10. The lowest BCUT2D eigenvalue weighted by atomic mass is 9.99. The highest BCUT2D eigenvalue weighted by Crippen LogP contribution is 2.18. The number of carbonyl (C=O) groups is 1. The number of rotatable bonds is 5. The highest BCUT2D eigenvalue weighted by atomic mass is 16.2. The van der Waals surface area contributed by atoms with Crippen LogP contribution in [-0.4, -0.2) is 37.0 Å². The van der Waals surface area contributed by atoms with Crippen molar-refractivity contribution in [1.29, 1.82) is 0 Å². The Balaban J connectivity index is 1.44. The van der Waals surface area contributed by atoms with E-state index in [1.165, 1.54) is 37.1 Å². The fraction of sp³-hybridized carbons (Fsp3) is 0.611. The molecular formula is C18H27N3O. The molecule has 0 bridgehead atoms. The van der Waals surface area contributed by atoms with Gasteiger partial charge in [0.05, 0.1) is 5.92 Å². The van der Waals surface area contributed by atoms with E-state index in [1.54, 1.807) is 0 Å². The summed E-state index contributed by atoms with van der Waals surface area (Å²) in [6.07, 6.45) is 2.64. The molecule has 0 aliphatic carbocycles. The first-order chi connectivity index (χ1) is 10.7. The molecule has 0 aromatic heterocycles. The van der Waals surface area contributed by atoms with Gasteiger partial charge >= 0.3 is 0 Å². The number of benzene rings is 1. The van der Waals surface area contributed by atoms with Gasteiger partial charge < -0.3 is 10.6 Å². The van der Waals surface area contributed by atoms with Crippen LogP contribution in [0.3, 0.4) is 0 Å². The van der Waals surface area contributed by atoms with Gasteiger partial charge in [0.1, 0.15) is 0 Å². The number of hydrogen-bond donors (Lipinski definition) is 2. The fourth-order valence-corrected chi connectivity index (χ4v) is 3.05. The monoisotopic (exact) mass is 301 g/mol. The largest absolute Gasteiger partial charge is 0.352 e. The summed E-state index contributed by atoms with van der Waals surface area (Å²) in [4.78, 5) is 14.3. The Hall–Kier alpha value is -1.39. The third-order valence-corrected chi connectivity index (χ3v) is 4.92. The van der Waals surface area contributed by atoms with Gasteiger partial charge in [-0.15, -0.1) is 0 Å². The second-order valence-corrected chi connectivity index (χ2v) is 6.85. The average Bonchev–Trinajstić information content (AvgIpc) is 2.47. The lowest BCUT2D eigenvalue weighted by molar-refractivity contribution is -0.126. The number of nitrogens with one attached hydrogen (secondary N) is 2. The molecule has 120 valence electrons. The maximum atomic E-state index is 11.8. The van der Waals surface area contributed by atoms with Crippen LogP contribution in [0.5, 0.6) is 0 Å². The van der Waals surface area contributed by atoms with Crippen LogP contribution in [0.15, 0.2) is 24.3 Å². The minimum Gasteiger partial charge on any atom is -0.352 e. The van der Waals surface area contributed by atoms with Crippen molar-refractivity contribution in [2.24, 2.45) is 11.8 Å². The Bertz CT molecular complexity index is 488. The molecular weight excluding hydrogens is 274 g/mol. The molecule has 2 aliphatic rings. The zero-order valence-electron chi connectivity index (χ0n) is 13.5. The van der Waals surface area contributed by atoms with E-state index in [4.69, 9.17) is 0 Å². The third-order valence-electron chi connectivity index (χ3n) is 4.92. The Labute approximate surface area is 133 Å². The quantitative estimate of drug-likeness (QED) is 0.871. The maximum Gasteiger partial charge on any atom is 0.225 e. The van der Waals surface area contributed by atoms with Gasteiger partial charge in [0.15, 0.2) is 0 Å². The van der Waals surface area contributed by atoms with Crippen molar-refractivity contribution in [3.8, 4) is 0 Å². The zero-order valence-corrected chi connectivity index (χ0v) is 13.5. The van der Waals surface area contributed by atoms with E-state index in [0.29, 0.717) is 6.54 Å². The summed E-state index contributed by atoms with van der Waals surface area (Å²) in [5, 5.41) is 6.14. The number of carbonyl (C=O) groups excluding carboxylic acids is 1. The lowest BCUT2D eigenvalue weighted by Crippen LogP contribution is -2.50. The van der Waals surface area contributed by atoms with E-state index in [0.717, 1.165) is 25.6 Å². The van der Waals surface area contributed by atoms with Crippen LogP contribution in [0, 0.1) is 11.8 Å². The number of piperidine rings is 1. The second kappa shape index (κ2) is 7.25. The van der Waals surface area contributed by atoms with Gasteiger partial charge in [-0.2, -0.15) is 0 Å². The van der Waals surface area contributed by atoms with E-state index in [-0.39, 0.29) is 11.8 Å². The van der Waals surface area contributed by atoms with E-state index < -0.39 is 0 Å².